The summed E-state index contributed by atoms with van der Waals surface area (Å²) in [6, 6.07) is 3.54. The van der Waals surface area contributed by atoms with Crippen molar-refractivity contribution in [1.82, 2.24) is 30.6 Å². The van der Waals surface area contributed by atoms with E-state index in [1.807, 2.05) is 18.0 Å². The highest BCUT2D eigenvalue weighted by atomic mass is 32.2. The van der Waals surface area contributed by atoms with Crippen LogP contribution in [-0.2, 0) is 17.0 Å². The predicted molar refractivity (Wildman–Crippen MR) is 160 cm³/mol. The molecular weight excluding hydrogens is 566 g/mol. The SMILES string of the molecule is CC1=NN(c2ccc([N+](=O)[O-])cc2)C(=O)C1[N+](=O)[O-].CN=C(NCCCc1cnc[nH]1)NCCSCc1nc[nH]c1C. The van der Waals surface area contributed by atoms with E-state index in [9.17, 15) is 25.0 Å². The Bertz CT molecular complexity index is 1390. The minimum Gasteiger partial charge on any atom is -0.356 e. The third kappa shape index (κ3) is 9.12. The number of guanidine groups is 1. The molecule has 4 N–H and O–H groups in total. The van der Waals surface area contributed by atoms with Gasteiger partial charge in [0.05, 0.1) is 29.0 Å². The summed E-state index contributed by atoms with van der Waals surface area (Å²) in [5, 5.41) is 32.6. The van der Waals surface area contributed by atoms with E-state index >= 15 is 0 Å². The Balaban J connectivity index is 0.000000235. The number of nitrogens with zero attached hydrogens (tertiary/aromatic N) is 7. The van der Waals surface area contributed by atoms with Crippen LogP contribution in [0.4, 0.5) is 11.4 Å². The summed E-state index contributed by atoms with van der Waals surface area (Å²) in [6.07, 6.45) is 7.36. The summed E-state index contributed by atoms with van der Waals surface area (Å²) in [6.45, 7) is 5.21. The number of anilines is 1. The summed E-state index contributed by atoms with van der Waals surface area (Å²) < 4.78 is 0. The molecule has 16 nitrogen and oxygen atoms in total. The number of H-pyrrole nitrogens is 2. The molecule has 0 bridgehead atoms. The highest BCUT2D eigenvalue weighted by Gasteiger charge is 2.43. The van der Waals surface area contributed by atoms with Gasteiger partial charge in [-0.1, -0.05) is 0 Å². The fraction of sp³-hybridized carbons (Fsp3) is 0.400. The van der Waals surface area contributed by atoms with Crippen LogP contribution in [0.3, 0.4) is 0 Å². The lowest BCUT2D eigenvalue weighted by Crippen LogP contribution is -2.38. The summed E-state index contributed by atoms with van der Waals surface area (Å²) in [5.41, 5.74) is 3.64. The van der Waals surface area contributed by atoms with Gasteiger partial charge in [0.1, 0.15) is 5.71 Å². The second kappa shape index (κ2) is 15.8. The lowest BCUT2D eigenvalue weighted by atomic mass is 10.2. The number of nitro benzene ring substituents is 1. The van der Waals surface area contributed by atoms with E-state index in [0.29, 0.717) is 0 Å². The smallest absolute Gasteiger partial charge is 0.331 e. The van der Waals surface area contributed by atoms with Gasteiger partial charge in [-0.3, -0.25) is 30.0 Å². The van der Waals surface area contributed by atoms with Crippen molar-refractivity contribution in [2.45, 2.75) is 38.5 Å². The third-order valence-electron chi connectivity index (χ3n) is 6.02. The number of aliphatic imine (C=N–C) groups is 1. The van der Waals surface area contributed by atoms with Gasteiger partial charge in [-0.2, -0.15) is 21.9 Å². The normalized spacial score (nSPS) is 14.7. The summed E-state index contributed by atoms with van der Waals surface area (Å²) in [4.78, 5) is 50.5. The first-order valence-corrected chi connectivity index (χ1v) is 14.1. The van der Waals surface area contributed by atoms with Crippen LogP contribution in [0, 0.1) is 27.2 Å². The number of hydrogen-bond donors (Lipinski definition) is 4. The maximum Gasteiger partial charge on any atom is 0.331 e. The van der Waals surface area contributed by atoms with Crippen molar-refractivity contribution >= 4 is 40.7 Å². The molecule has 3 heterocycles. The molecule has 1 aliphatic rings. The molecule has 0 fully saturated rings. The Morgan fingerprint density at radius 3 is 2.43 bits per heavy atom. The van der Waals surface area contributed by atoms with E-state index < -0.39 is 21.8 Å². The molecule has 1 amide bonds. The number of imidazole rings is 2. The quantitative estimate of drug-likeness (QED) is 0.0784. The number of carbonyl (C=O) groups excluding carboxylic acids is 1. The van der Waals surface area contributed by atoms with Gasteiger partial charge in [-0.05, 0) is 38.8 Å². The molecule has 42 heavy (non-hydrogen) atoms. The van der Waals surface area contributed by atoms with Gasteiger partial charge >= 0.3 is 11.9 Å². The van der Waals surface area contributed by atoms with E-state index in [1.54, 1.807) is 19.7 Å². The van der Waals surface area contributed by atoms with Crippen LogP contribution in [0.2, 0.25) is 0 Å². The Hall–Kier alpha value is -4.80. The molecule has 1 unspecified atom stereocenters. The number of thioether (sulfide) groups is 1. The number of amides is 1. The molecule has 2 aromatic heterocycles. The van der Waals surface area contributed by atoms with Gasteiger partial charge in [0.2, 0.25) is 0 Å². The highest BCUT2D eigenvalue weighted by molar-refractivity contribution is 7.98. The fourth-order valence-corrected chi connectivity index (χ4v) is 4.65. The Morgan fingerprint density at radius 2 is 1.86 bits per heavy atom. The van der Waals surface area contributed by atoms with Crippen molar-refractivity contribution in [2.24, 2.45) is 10.1 Å². The minimum atomic E-state index is -1.49. The van der Waals surface area contributed by atoms with Crippen LogP contribution < -0.4 is 15.6 Å². The van der Waals surface area contributed by atoms with E-state index in [-0.39, 0.29) is 17.1 Å². The number of aromatic nitrogens is 4. The summed E-state index contributed by atoms with van der Waals surface area (Å²) in [5.74, 6) is 2.02. The van der Waals surface area contributed by atoms with Crippen LogP contribution >= 0.6 is 11.8 Å². The second-order valence-corrected chi connectivity index (χ2v) is 10.1. The fourth-order valence-electron chi connectivity index (χ4n) is 3.77. The lowest BCUT2D eigenvalue weighted by molar-refractivity contribution is -0.488. The molecular formula is C25H33N11O5S. The lowest BCUT2D eigenvalue weighted by Gasteiger charge is -2.11. The van der Waals surface area contributed by atoms with E-state index in [1.165, 1.54) is 36.9 Å². The summed E-state index contributed by atoms with van der Waals surface area (Å²) >= 11 is 1.87. The molecule has 224 valence electrons. The Morgan fingerprint density at radius 1 is 1.12 bits per heavy atom. The van der Waals surface area contributed by atoms with E-state index in [4.69, 9.17) is 0 Å². The molecule has 0 radical (unpaired) electrons. The number of carbonyl (C=O) groups is 1. The molecule has 0 saturated heterocycles. The van der Waals surface area contributed by atoms with Crippen LogP contribution in [0.15, 0.2) is 53.2 Å². The molecule has 0 aliphatic carbocycles. The third-order valence-corrected chi connectivity index (χ3v) is 6.99. The number of hydrazone groups is 1. The van der Waals surface area contributed by atoms with Gasteiger partial charge in [-0.15, -0.1) is 0 Å². The highest BCUT2D eigenvalue weighted by Crippen LogP contribution is 2.24. The maximum absolute atomic E-state index is 11.8. The van der Waals surface area contributed by atoms with Crippen molar-refractivity contribution < 1.29 is 14.6 Å². The predicted octanol–water partition coefficient (Wildman–Crippen LogP) is 2.43. The molecule has 0 saturated carbocycles. The first-order valence-electron chi connectivity index (χ1n) is 13.0. The number of non-ortho nitro benzene ring substituents is 1. The number of rotatable bonds is 12. The van der Waals surface area contributed by atoms with E-state index in [2.05, 4.69) is 47.6 Å². The Labute approximate surface area is 245 Å². The zero-order valence-corrected chi connectivity index (χ0v) is 24.3. The van der Waals surface area contributed by atoms with Crippen molar-refractivity contribution in [3.63, 3.8) is 0 Å². The van der Waals surface area contributed by atoms with Gasteiger partial charge in [0.15, 0.2) is 5.96 Å². The average Bonchev–Trinajstić information content (AvgIpc) is 3.71. The largest absolute Gasteiger partial charge is 0.356 e. The average molecular weight is 600 g/mol. The molecule has 1 aliphatic heterocycles. The standard InChI is InChI=1S/C15H25N7S.C10H8N4O5/c1-12-14(22-11-20-12)9-23-7-6-19-15(16-2)18-5-3-4-13-8-17-10-21-13;1-6-9(14(18)19)10(15)12(11-6)7-2-4-8(5-3-7)13(16)17/h8,10-11H,3-7,9H2,1-2H3,(H,17,21)(H,20,22)(H2,16,18,19);2-5,9H,1H3. The number of aromatic amines is 2. The minimum absolute atomic E-state index is 0.0772. The van der Waals surface area contributed by atoms with Crippen molar-refractivity contribution in [3.05, 3.63) is 80.4 Å². The number of nitro groups is 2. The van der Waals surface area contributed by atoms with Gasteiger partial charge in [0.25, 0.3) is 5.69 Å². The zero-order valence-electron chi connectivity index (χ0n) is 23.4. The van der Waals surface area contributed by atoms with Crippen molar-refractivity contribution in [2.75, 3.05) is 30.9 Å². The maximum atomic E-state index is 11.8. The molecule has 17 heteroatoms. The number of nitrogens with one attached hydrogen (secondary N) is 4. The van der Waals surface area contributed by atoms with Crippen LogP contribution in [-0.4, -0.2) is 79.3 Å². The van der Waals surface area contributed by atoms with E-state index in [0.717, 1.165) is 59.8 Å². The number of hydrogen-bond acceptors (Lipinski definition) is 10. The van der Waals surface area contributed by atoms with Crippen molar-refractivity contribution in [1.29, 1.82) is 0 Å². The molecule has 1 atom stereocenters. The summed E-state index contributed by atoms with van der Waals surface area (Å²) in [7, 11) is 1.80. The first kappa shape index (κ1) is 31.7. The molecule has 4 rings (SSSR count). The zero-order chi connectivity index (χ0) is 30.5. The number of aryl methyl sites for hydroxylation is 2. The first-order chi connectivity index (χ1) is 20.2. The van der Waals surface area contributed by atoms with Crippen LogP contribution in [0.5, 0.6) is 0 Å². The molecule has 0 spiro atoms. The van der Waals surface area contributed by atoms with Crippen LogP contribution in [0.25, 0.3) is 0 Å². The Kier molecular flexibility index (Phi) is 12.0. The monoisotopic (exact) mass is 599 g/mol. The topological polar surface area (TPSA) is 213 Å². The van der Waals surface area contributed by atoms with Gasteiger partial charge in [-0.25, -0.2) is 9.97 Å². The van der Waals surface area contributed by atoms with Crippen LogP contribution in [0.1, 0.15) is 30.4 Å². The molecule has 3 aromatic rings. The van der Waals surface area contributed by atoms with Gasteiger partial charge < -0.3 is 20.6 Å². The van der Waals surface area contributed by atoms with Gasteiger partial charge in [0, 0.05) is 66.3 Å². The van der Waals surface area contributed by atoms with Crippen molar-refractivity contribution in [3.8, 4) is 0 Å². The number of benzene rings is 1. The molecule has 1 aromatic carbocycles. The second-order valence-electron chi connectivity index (χ2n) is 8.99.